The van der Waals surface area contributed by atoms with E-state index >= 15 is 0 Å². The summed E-state index contributed by atoms with van der Waals surface area (Å²) >= 11 is 9.70. The lowest BCUT2D eigenvalue weighted by Crippen LogP contribution is -3.00. The Morgan fingerprint density at radius 3 is 2.45 bits per heavy atom. The Balaban J connectivity index is 0.00000144. The van der Waals surface area contributed by atoms with Crippen LogP contribution in [0.3, 0.4) is 0 Å². The first-order valence-electron chi connectivity index (χ1n) is 8.79. The van der Waals surface area contributed by atoms with Gasteiger partial charge in [-0.2, -0.15) is 4.98 Å². The lowest BCUT2D eigenvalue weighted by atomic mass is 10.2. The van der Waals surface area contributed by atoms with E-state index in [0.717, 1.165) is 9.54 Å². The van der Waals surface area contributed by atoms with Gasteiger partial charge in [-0.25, -0.2) is 21.8 Å². The van der Waals surface area contributed by atoms with Crippen molar-refractivity contribution in [3.8, 4) is 0 Å². The fourth-order valence-electron chi connectivity index (χ4n) is 3.39. The van der Waals surface area contributed by atoms with Crippen LogP contribution in [0.15, 0.2) is 68.9 Å². The highest BCUT2D eigenvalue weighted by Crippen LogP contribution is 2.27. The summed E-state index contributed by atoms with van der Waals surface area (Å²) in [5.41, 5.74) is 1.35. The summed E-state index contributed by atoms with van der Waals surface area (Å²) in [7, 11) is -3.91. The van der Waals surface area contributed by atoms with Crippen LogP contribution in [0.5, 0.6) is 0 Å². The van der Waals surface area contributed by atoms with Crippen LogP contribution in [0, 0.1) is 6.92 Å². The van der Waals surface area contributed by atoms with E-state index < -0.39 is 15.6 Å². The maximum atomic E-state index is 13.2. The Morgan fingerprint density at radius 1 is 1.03 bits per heavy atom. The monoisotopic (exact) mass is 538 g/mol. The molecule has 7 nitrogen and oxygen atoms in total. The van der Waals surface area contributed by atoms with Crippen LogP contribution < -0.4 is 18.0 Å². The van der Waals surface area contributed by atoms with E-state index in [0.29, 0.717) is 20.8 Å². The minimum absolute atomic E-state index is 0. The third kappa shape index (κ3) is 3.23. The van der Waals surface area contributed by atoms with Crippen LogP contribution in [-0.4, -0.2) is 26.8 Å². The molecule has 0 saturated carbocycles. The van der Waals surface area contributed by atoms with Gasteiger partial charge >= 0.3 is 1.43 Å². The van der Waals surface area contributed by atoms with Crippen molar-refractivity contribution in [2.24, 2.45) is 0 Å². The predicted octanol–water partition coefficient (Wildman–Crippen LogP) is 1.28. The lowest BCUT2D eigenvalue weighted by molar-refractivity contribution is -0.00000846. The smallest absolute Gasteiger partial charge is 1.00 e. The maximum absolute atomic E-state index is 13.2. The summed E-state index contributed by atoms with van der Waals surface area (Å²) in [6.45, 7) is 1.88. The highest BCUT2D eigenvalue weighted by Gasteiger charge is 2.23. The fraction of sp³-hybridized carbons (Fsp3) is 0.0500. The Hall–Kier alpha value is -2.46. The van der Waals surface area contributed by atoms with E-state index in [1.54, 1.807) is 36.4 Å². The third-order valence-corrected chi connectivity index (χ3v) is 7.47. The quantitative estimate of drug-likeness (QED) is 0.249. The van der Waals surface area contributed by atoms with Gasteiger partial charge in [0.25, 0.3) is 15.6 Å². The van der Waals surface area contributed by atoms with Crippen molar-refractivity contribution in [1.29, 1.82) is 0 Å². The molecule has 31 heavy (non-hydrogen) atoms. The van der Waals surface area contributed by atoms with Crippen molar-refractivity contribution < 1.29 is 22.3 Å². The number of halogens is 3. The zero-order chi connectivity index (χ0) is 21.2. The lowest BCUT2D eigenvalue weighted by Gasteiger charge is -2.10. The van der Waals surface area contributed by atoms with E-state index in [-0.39, 0.29) is 35.3 Å². The number of aromatic nitrogens is 4. The van der Waals surface area contributed by atoms with Crippen LogP contribution in [0.4, 0.5) is 0 Å². The SMILES string of the molecule is Cc1ccc(S(=O)(=O)n2ccc3c2nc(Cl)n2c(=O)c4c(Br)cccc4nc32)cc1.[Cl-].[H+]. The van der Waals surface area contributed by atoms with E-state index in [1.807, 2.05) is 6.92 Å². The number of aryl methyl sites for hydroxylation is 1. The Bertz CT molecular complexity index is 1670. The third-order valence-electron chi connectivity index (χ3n) is 4.87. The topological polar surface area (TPSA) is 86.3 Å². The molecule has 0 bridgehead atoms. The second-order valence-corrected chi connectivity index (χ2v) is 9.77. The van der Waals surface area contributed by atoms with Crippen molar-refractivity contribution >= 4 is 65.1 Å². The molecular formula is C20H13BrCl2N4O3S. The Labute approximate surface area is 197 Å². The largest absolute Gasteiger partial charge is 1.00 e. The van der Waals surface area contributed by atoms with Crippen molar-refractivity contribution in [3.05, 3.63) is 80.4 Å². The van der Waals surface area contributed by atoms with Gasteiger partial charge in [-0.1, -0.05) is 23.8 Å². The molecule has 0 saturated heterocycles. The molecule has 0 radical (unpaired) electrons. The van der Waals surface area contributed by atoms with Crippen molar-refractivity contribution in [1.82, 2.24) is 18.3 Å². The molecule has 0 unspecified atom stereocenters. The summed E-state index contributed by atoms with van der Waals surface area (Å²) in [5.74, 6) is 0. The first kappa shape index (κ1) is 21.8. The molecular weight excluding hydrogens is 527 g/mol. The molecule has 2 aromatic carbocycles. The van der Waals surface area contributed by atoms with Crippen LogP contribution in [-0.2, 0) is 10.0 Å². The van der Waals surface area contributed by atoms with Gasteiger partial charge in [-0.15, -0.1) is 0 Å². The molecule has 0 aliphatic carbocycles. The normalized spacial score (nSPS) is 11.8. The number of rotatable bonds is 2. The minimum atomic E-state index is -3.91. The van der Waals surface area contributed by atoms with E-state index in [2.05, 4.69) is 25.9 Å². The van der Waals surface area contributed by atoms with Crippen molar-refractivity contribution in [2.45, 2.75) is 11.8 Å². The van der Waals surface area contributed by atoms with Gasteiger partial charge < -0.3 is 12.4 Å². The van der Waals surface area contributed by atoms with E-state index in [9.17, 15) is 13.2 Å². The molecule has 0 N–H and O–H groups in total. The average molecular weight is 540 g/mol. The van der Waals surface area contributed by atoms with Gasteiger partial charge in [0.2, 0.25) is 5.28 Å². The zero-order valence-electron chi connectivity index (χ0n) is 16.8. The summed E-state index contributed by atoms with van der Waals surface area (Å²) in [6, 6.07) is 13.3. The van der Waals surface area contributed by atoms with E-state index in [1.165, 1.54) is 22.7 Å². The number of hydrogen-bond donors (Lipinski definition) is 0. The molecule has 0 spiro atoms. The molecule has 11 heteroatoms. The minimum Gasteiger partial charge on any atom is -1.00 e. The molecule has 0 aliphatic rings. The van der Waals surface area contributed by atoms with Gasteiger partial charge in [0.05, 0.1) is 21.2 Å². The molecule has 5 rings (SSSR count). The summed E-state index contributed by atoms with van der Waals surface area (Å²) in [5, 5.41) is 0.588. The van der Waals surface area contributed by atoms with Gasteiger partial charge in [-0.3, -0.25) is 4.79 Å². The Kier molecular flexibility index (Phi) is 5.33. The van der Waals surface area contributed by atoms with Crippen LogP contribution in [0.1, 0.15) is 6.99 Å². The average Bonchev–Trinajstić information content (AvgIpc) is 3.13. The number of hydrogen-bond acceptors (Lipinski definition) is 5. The second-order valence-electron chi connectivity index (χ2n) is 6.76. The van der Waals surface area contributed by atoms with Crippen molar-refractivity contribution in [3.63, 3.8) is 0 Å². The van der Waals surface area contributed by atoms with E-state index in [4.69, 9.17) is 11.6 Å². The molecule has 3 heterocycles. The second kappa shape index (κ2) is 7.59. The predicted molar refractivity (Wildman–Crippen MR) is 120 cm³/mol. The summed E-state index contributed by atoms with van der Waals surface area (Å²) in [4.78, 5) is 22.0. The zero-order valence-corrected chi connectivity index (χ0v) is 19.7. The van der Waals surface area contributed by atoms with Crippen LogP contribution in [0.2, 0.25) is 5.28 Å². The fourth-order valence-corrected chi connectivity index (χ4v) is 5.44. The number of fused-ring (bicyclic) bond motifs is 4. The van der Waals surface area contributed by atoms with Gasteiger partial charge in [-0.05, 0) is 64.8 Å². The highest BCUT2D eigenvalue weighted by atomic mass is 79.9. The standard InChI is InChI=1S/C20H12BrClN4O3S.ClH/c1-11-5-7-12(8-6-11)30(28,29)25-10-9-13-17(25)24-20(22)26-18(13)23-15-4-2-3-14(21)16(15)19(26)27;/h2-10H,1H3;1H. The van der Waals surface area contributed by atoms with Gasteiger partial charge in [0, 0.05) is 10.7 Å². The molecule has 0 amide bonds. The van der Waals surface area contributed by atoms with Crippen LogP contribution >= 0.6 is 27.5 Å². The Morgan fingerprint density at radius 2 is 1.74 bits per heavy atom. The van der Waals surface area contributed by atoms with Crippen LogP contribution in [0.25, 0.3) is 27.6 Å². The molecule has 0 aliphatic heterocycles. The molecule has 158 valence electrons. The number of benzene rings is 2. The van der Waals surface area contributed by atoms with Gasteiger partial charge in [0.1, 0.15) is 0 Å². The molecule has 3 aromatic heterocycles. The maximum Gasteiger partial charge on any atom is 1.00 e. The highest BCUT2D eigenvalue weighted by molar-refractivity contribution is 9.10. The number of nitrogens with zero attached hydrogens (tertiary/aromatic N) is 4. The summed E-state index contributed by atoms with van der Waals surface area (Å²) in [6.07, 6.45) is 1.39. The molecule has 5 aromatic rings. The summed E-state index contributed by atoms with van der Waals surface area (Å²) < 4.78 is 29.2. The first-order chi connectivity index (χ1) is 14.3. The molecule has 0 atom stereocenters. The first-order valence-corrected chi connectivity index (χ1v) is 11.4. The van der Waals surface area contributed by atoms with Crippen molar-refractivity contribution in [2.75, 3.05) is 0 Å². The van der Waals surface area contributed by atoms with Gasteiger partial charge in [0.15, 0.2) is 11.3 Å². The molecule has 0 fully saturated rings.